The van der Waals surface area contributed by atoms with Crippen LogP contribution in [0.4, 0.5) is 10.6 Å². The van der Waals surface area contributed by atoms with Crippen molar-refractivity contribution in [2.75, 3.05) is 18.4 Å². The summed E-state index contributed by atoms with van der Waals surface area (Å²) >= 11 is 0. The molecule has 1 aromatic carbocycles. The van der Waals surface area contributed by atoms with Crippen LogP contribution < -0.4 is 5.32 Å². The number of carbonyl (C=O) groups is 1. The van der Waals surface area contributed by atoms with E-state index in [1.807, 2.05) is 36.4 Å². The van der Waals surface area contributed by atoms with Crippen LogP contribution in [0.1, 0.15) is 24.2 Å². The van der Waals surface area contributed by atoms with Gasteiger partial charge in [-0.1, -0.05) is 30.3 Å². The van der Waals surface area contributed by atoms with Crippen LogP contribution >= 0.6 is 0 Å². The minimum atomic E-state index is -0.281. The number of amides is 1. The van der Waals surface area contributed by atoms with Crippen LogP contribution in [0.2, 0.25) is 0 Å². The number of carbonyl (C=O) groups excluding carboxylic acids is 1. The lowest BCUT2D eigenvalue weighted by Gasteiger charge is -2.31. The summed E-state index contributed by atoms with van der Waals surface area (Å²) < 4.78 is 5.36. The van der Waals surface area contributed by atoms with E-state index < -0.39 is 0 Å². The summed E-state index contributed by atoms with van der Waals surface area (Å²) in [6.45, 7) is 1.54. The fraction of sp³-hybridized carbons (Fsp3) is 0.333. The molecule has 1 aromatic heterocycles. The van der Waals surface area contributed by atoms with Crippen molar-refractivity contribution in [3.05, 3.63) is 54.0 Å². The van der Waals surface area contributed by atoms with Gasteiger partial charge in [0, 0.05) is 25.3 Å². The molecule has 1 amide bonds. The molecule has 0 atom stereocenters. The van der Waals surface area contributed by atoms with Gasteiger partial charge in [0.05, 0.1) is 0 Å². The van der Waals surface area contributed by atoms with Gasteiger partial charge < -0.3 is 15.0 Å². The van der Waals surface area contributed by atoms with Gasteiger partial charge in [-0.25, -0.2) is 14.8 Å². The molecule has 1 aliphatic rings. The number of piperidine rings is 1. The maximum atomic E-state index is 12.1. The molecule has 25 heavy (non-hydrogen) atoms. The molecule has 0 unspecified atom stereocenters. The second-order valence-corrected chi connectivity index (χ2v) is 5.82. The molecule has 0 saturated carbocycles. The Labute approximate surface area is 146 Å². The molecule has 0 bridgehead atoms. The Balaban J connectivity index is 1.45. The van der Waals surface area contributed by atoms with E-state index >= 15 is 0 Å². The van der Waals surface area contributed by atoms with Crippen molar-refractivity contribution in [2.45, 2.75) is 25.5 Å². The fourth-order valence-corrected chi connectivity index (χ4v) is 2.72. The highest BCUT2D eigenvalue weighted by atomic mass is 16.6. The molecule has 128 valence electrons. The van der Waals surface area contributed by atoms with E-state index in [1.54, 1.807) is 17.2 Å². The summed E-state index contributed by atoms with van der Waals surface area (Å²) in [5, 5.41) is 12.1. The lowest BCUT2D eigenvalue weighted by molar-refractivity contribution is 0.0881. The van der Waals surface area contributed by atoms with Crippen LogP contribution in [0.15, 0.2) is 42.6 Å². The van der Waals surface area contributed by atoms with Gasteiger partial charge in [0.25, 0.3) is 0 Å². The summed E-state index contributed by atoms with van der Waals surface area (Å²) in [5.41, 5.74) is 0.976. The lowest BCUT2D eigenvalue weighted by atomic mass is 10.1. The summed E-state index contributed by atoms with van der Waals surface area (Å²) in [7, 11) is 0. The van der Waals surface area contributed by atoms with Crippen molar-refractivity contribution in [2.24, 2.45) is 0 Å². The van der Waals surface area contributed by atoms with E-state index in [1.165, 1.54) is 0 Å². The van der Waals surface area contributed by atoms with Crippen LogP contribution in [0.3, 0.4) is 0 Å². The molecule has 2 aromatic rings. The zero-order valence-electron chi connectivity index (χ0n) is 13.8. The Morgan fingerprint density at radius 3 is 2.76 bits per heavy atom. The van der Waals surface area contributed by atoms with Gasteiger partial charge in [0.2, 0.25) is 5.82 Å². The number of aromatic nitrogens is 2. The molecule has 0 aliphatic carbocycles. The lowest BCUT2D eigenvalue weighted by Crippen LogP contribution is -2.42. The van der Waals surface area contributed by atoms with E-state index in [-0.39, 0.29) is 24.6 Å². The molecule has 7 heteroatoms. The maximum absolute atomic E-state index is 12.1. The first kappa shape index (κ1) is 16.7. The maximum Gasteiger partial charge on any atom is 0.410 e. The molecule has 7 nitrogen and oxygen atoms in total. The Kier molecular flexibility index (Phi) is 5.42. The average Bonchev–Trinajstić information content (AvgIpc) is 2.67. The van der Waals surface area contributed by atoms with Gasteiger partial charge in [-0.15, -0.1) is 0 Å². The molecule has 1 fully saturated rings. The van der Waals surface area contributed by atoms with Gasteiger partial charge in [0.1, 0.15) is 18.5 Å². The van der Waals surface area contributed by atoms with E-state index in [4.69, 9.17) is 10.00 Å². The first-order valence-electron chi connectivity index (χ1n) is 8.20. The zero-order valence-corrected chi connectivity index (χ0v) is 13.8. The average molecular weight is 337 g/mol. The normalized spacial score (nSPS) is 14.6. The number of anilines is 1. The first-order valence-corrected chi connectivity index (χ1v) is 8.20. The minimum absolute atomic E-state index is 0.145. The Hall–Kier alpha value is -3.14. The Bertz CT molecular complexity index is 752. The van der Waals surface area contributed by atoms with Crippen LogP contribution in [-0.2, 0) is 11.3 Å². The Morgan fingerprint density at radius 1 is 1.28 bits per heavy atom. The summed E-state index contributed by atoms with van der Waals surface area (Å²) in [6.07, 6.45) is 2.87. The molecule has 0 radical (unpaired) electrons. The topological polar surface area (TPSA) is 91.1 Å². The molecule has 1 saturated heterocycles. The monoisotopic (exact) mass is 337 g/mol. The number of hydrogen-bond donors (Lipinski definition) is 1. The molecule has 3 rings (SSSR count). The second-order valence-electron chi connectivity index (χ2n) is 5.82. The van der Waals surface area contributed by atoms with E-state index in [9.17, 15) is 4.79 Å². The number of rotatable bonds is 4. The number of ether oxygens (including phenoxy) is 1. The van der Waals surface area contributed by atoms with Gasteiger partial charge in [-0.3, -0.25) is 0 Å². The number of likely N-dealkylation sites (tertiary alicyclic amines) is 1. The van der Waals surface area contributed by atoms with Crippen LogP contribution in [0.5, 0.6) is 0 Å². The minimum Gasteiger partial charge on any atom is -0.445 e. The fourth-order valence-electron chi connectivity index (χ4n) is 2.72. The first-order chi connectivity index (χ1) is 12.2. The van der Waals surface area contributed by atoms with E-state index in [0.29, 0.717) is 18.9 Å². The summed E-state index contributed by atoms with van der Waals surface area (Å²) in [6, 6.07) is 13.5. The number of nitriles is 1. The molecular formula is C18H19N5O2. The van der Waals surface area contributed by atoms with E-state index in [2.05, 4.69) is 15.3 Å². The van der Waals surface area contributed by atoms with Crippen molar-refractivity contribution in [3.8, 4) is 6.07 Å². The van der Waals surface area contributed by atoms with Crippen molar-refractivity contribution >= 4 is 11.9 Å². The quantitative estimate of drug-likeness (QED) is 0.922. The van der Waals surface area contributed by atoms with E-state index in [0.717, 1.165) is 18.4 Å². The molecule has 2 heterocycles. The van der Waals surface area contributed by atoms with Crippen LogP contribution in [0.25, 0.3) is 0 Å². The Morgan fingerprint density at radius 2 is 2.04 bits per heavy atom. The van der Waals surface area contributed by atoms with Crippen LogP contribution in [-0.4, -0.2) is 40.1 Å². The molecular weight excluding hydrogens is 318 g/mol. The van der Waals surface area contributed by atoms with Crippen molar-refractivity contribution in [3.63, 3.8) is 0 Å². The second kappa shape index (κ2) is 8.11. The van der Waals surface area contributed by atoms with Gasteiger partial charge in [0.15, 0.2) is 0 Å². The SMILES string of the molecule is N#Cc1nccc(NC2CCN(C(=O)OCc3ccccc3)CC2)n1. The highest BCUT2D eigenvalue weighted by molar-refractivity contribution is 5.67. The largest absolute Gasteiger partial charge is 0.445 e. The third-order valence-corrected chi connectivity index (χ3v) is 4.07. The highest BCUT2D eigenvalue weighted by Gasteiger charge is 2.24. The molecule has 1 N–H and O–H groups in total. The number of benzene rings is 1. The van der Waals surface area contributed by atoms with Crippen molar-refractivity contribution in [1.29, 1.82) is 5.26 Å². The third kappa shape index (κ3) is 4.67. The summed E-state index contributed by atoms with van der Waals surface area (Å²) in [5.74, 6) is 0.781. The smallest absolute Gasteiger partial charge is 0.410 e. The standard InChI is InChI=1S/C18H19N5O2/c19-12-17-20-9-6-16(22-17)21-15-7-10-23(11-8-15)18(24)25-13-14-4-2-1-3-5-14/h1-6,9,15H,7-8,10-11,13H2,(H,20,21,22). The predicted octanol–water partition coefficient (Wildman–Crippen LogP) is 2.56. The van der Waals surface area contributed by atoms with Gasteiger partial charge >= 0.3 is 6.09 Å². The van der Waals surface area contributed by atoms with Crippen LogP contribution in [0, 0.1) is 11.3 Å². The van der Waals surface area contributed by atoms with Gasteiger partial charge in [-0.2, -0.15) is 5.26 Å². The number of nitrogens with zero attached hydrogens (tertiary/aromatic N) is 4. The zero-order chi connectivity index (χ0) is 17.5. The third-order valence-electron chi connectivity index (χ3n) is 4.07. The number of hydrogen-bond acceptors (Lipinski definition) is 6. The molecule has 0 spiro atoms. The van der Waals surface area contributed by atoms with Crippen molar-refractivity contribution in [1.82, 2.24) is 14.9 Å². The van der Waals surface area contributed by atoms with Crippen molar-refractivity contribution < 1.29 is 9.53 Å². The highest BCUT2D eigenvalue weighted by Crippen LogP contribution is 2.16. The number of nitrogens with one attached hydrogen (secondary N) is 1. The summed E-state index contributed by atoms with van der Waals surface area (Å²) in [4.78, 5) is 21.8. The van der Waals surface area contributed by atoms with Gasteiger partial charge in [-0.05, 0) is 24.5 Å². The predicted molar refractivity (Wildman–Crippen MR) is 91.6 cm³/mol. The molecule has 1 aliphatic heterocycles.